The minimum Gasteiger partial charge on any atom is -0.361 e. The molecule has 1 aliphatic heterocycles. The second kappa shape index (κ2) is 7.16. The Morgan fingerprint density at radius 3 is 2.61 bits per heavy atom. The van der Waals surface area contributed by atoms with Crippen LogP contribution in [0.1, 0.15) is 24.3 Å². The lowest BCUT2D eigenvalue weighted by Crippen LogP contribution is -2.42. The van der Waals surface area contributed by atoms with E-state index in [9.17, 15) is 13.2 Å². The molecule has 3 N–H and O–H groups in total. The van der Waals surface area contributed by atoms with E-state index >= 15 is 0 Å². The van der Waals surface area contributed by atoms with Crippen molar-refractivity contribution in [1.82, 2.24) is 20.2 Å². The van der Waals surface area contributed by atoms with Crippen molar-refractivity contribution in [2.75, 3.05) is 13.1 Å². The summed E-state index contributed by atoms with van der Waals surface area (Å²) in [5, 5.41) is 7.65. The number of aromatic amines is 1. The standard InChI is InChI=1S/C19H22N4O4S/c1-11-19(12(2)27-22-11)13-9-16-15(3-4-18(24)21-16)17(10-13)28(25,26)23-14-5-7-20-8-6-14/h3-4,9-10,14,20,23H,5-8H2,1-2H3,(H,21,24). The van der Waals surface area contributed by atoms with Crippen molar-refractivity contribution in [3.63, 3.8) is 0 Å². The van der Waals surface area contributed by atoms with E-state index in [1.54, 1.807) is 32.0 Å². The molecular formula is C19H22N4O4S. The first kappa shape index (κ1) is 18.9. The summed E-state index contributed by atoms with van der Waals surface area (Å²) < 4.78 is 34.5. The lowest BCUT2D eigenvalue weighted by Gasteiger charge is -2.24. The first-order valence-corrected chi connectivity index (χ1v) is 10.7. The van der Waals surface area contributed by atoms with Crippen LogP contribution < -0.4 is 15.6 Å². The van der Waals surface area contributed by atoms with E-state index in [-0.39, 0.29) is 16.5 Å². The van der Waals surface area contributed by atoms with E-state index in [2.05, 4.69) is 20.2 Å². The summed E-state index contributed by atoms with van der Waals surface area (Å²) >= 11 is 0. The van der Waals surface area contributed by atoms with Crippen molar-refractivity contribution in [2.24, 2.45) is 0 Å². The van der Waals surface area contributed by atoms with Crippen LogP contribution in [-0.2, 0) is 10.0 Å². The number of pyridine rings is 1. The molecule has 148 valence electrons. The van der Waals surface area contributed by atoms with Crippen LogP contribution in [0.2, 0.25) is 0 Å². The molecular weight excluding hydrogens is 380 g/mol. The van der Waals surface area contributed by atoms with E-state index in [1.807, 2.05) is 0 Å². The van der Waals surface area contributed by atoms with Gasteiger partial charge in [0.15, 0.2) is 0 Å². The number of aryl methyl sites for hydroxylation is 2. The Bertz CT molecular complexity index is 1170. The van der Waals surface area contributed by atoms with Crippen LogP contribution in [0.3, 0.4) is 0 Å². The molecule has 3 aromatic rings. The molecule has 0 saturated carbocycles. The first-order chi connectivity index (χ1) is 13.3. The van der Waals surface area contributed by atoms with Crippen LogP contribution in [0.25, 0.3) is 22.0 Å². The van der Waals surface area contributed by atoms with Gasteiger partial charge in [0.25, 0.3) is 0 Å². The highest BCUT2D eigenvalue weighted by Crippen LogP contribution is 2.33. The molecule has 0 amide bonds. The number of H-pyrrole nitrogens is 1. The molecule has 28 heavy (non-hydrogen) atoms. The molecule has 1 aromatic carbocycles. The number of piperidine rings is 1. The average molecular weight is 402 g/mol. The Morgan fingerprint density at radius 1 is 1.18 bits per heavy atom. The molecule has 0 atom stereocenters. The Kier molecular flexibility index (Phi) is 4.82. The van der Waals surface area contributed by atoms with Crippen LogP contribution >= 0.6 is 0 Å². The highest BCUT2D eigenvalue weighted by atomic mass is 32.2. The van der Waals surface area contributed by atoms with Crippen molar-refractivity contribution in [2.45, 2.75) is 37.6 Å². The molecule has 0 bridgehead atoms. The smallest absolute Gasteiger partial charge is 0.248 e. The van der Waals surface area contributed by atoms with Crippen LogP contribution in [0, 0.1) is 13.8 Å². The normalized spacial score (nSPS) is 15.9. The van der Waals surface area contributed by atoms with Crippen molar-refractivity contribution < 1.29 is 12.9 Å². The van der Waals surface area contributed by atoms with E-state index in [0.29, 0.717) is 27.9 Å². The van der Waals surface area contributed by atoms with Crippen LogP contribution in [-0.4, -0.2) is 37.7 Å². The van der Waals surface area contributed by atoms with Gasteiger partial charge in [0.1, 0.15) is 5.76 Å². The number of nitrogens with one attached hydrogen (secondary N) is 3. The minimum absolute atomic E-state index is 0.119. The predicted octanol–water partition coefficient (Wildman–Crippen LogP) is 1.83. The summed E-state index contributed by atoms with van der Waals surface area (Å²) in [6.45, 7) is 5.13. The Balaban J connectivity index is 1.90. The number of fused-ring (bicyclic) bond motifs is 1. The summed E-state index contributed by atoms with van der Waals surface area (Å²) in [6.07, 6.45) is 1.47. The van der Waals surface area contributed by atoms with Crippen LogP contribution in [0.5, 0.6) is 0 Å². The maximum atomic E-state index is 13.2. The zero-order valence-corrected chi connectivity index (χ0v) is 16.5. The fraction of sp³-hybridized carbons (Fsp3) is 0.368. The fourth-order valence-corrected chi connectivity index (χ4v) is 5.27. The third-order valence-electron chi connectivity index (χ3n) is 5.07. The fourth-order valence-electron chi connectivity index (χ4n) is 3.72. The highest BCUT2D eigenvalue weighted by molar-refractivity contribution is 7.89. The van der Waals surface area contributed by atoms with Crippen LogP contribution in [0.4, 0.5) is 0 Å². The van der Waals surface area contributed by atoms with E-state index < -0.39 is 10.0 Å². The van der Waals surface area contributed by atoms with Crippen molar-refractivity contribution in [1.29, 1.82) is 0 Å². The molecule has 4 rings (SSSR count). The number of rotatable bonds is 4. The van der Waals surface area contributed by atoms with Gasteiger partial charge in [-0.2, -0.15) is 0 Å². The van der Waals surface area contributed by atoms with Gasteiger partial charge in [0, 0.05) is 23.1 Å². The minimum atomic E-state index is -3.79. The summed E-state index contributed by atoms with van der Waals surface area (Å²) in [4.78, 5) is 14.7. The zero-order valence-electron chi connectivity index (χ0n) is 15.7. The predicted molar refractivity (Wildman–Crippen MR) is 106 cm³/mol. The van der Waals surface area contributed by atoms with Crippen molar-refractivity contribution >= 4 is 20.9 Å². The zero-order chi connectivity index (χ0) is 19.9. The van der Waals surface area contributed by atoms with Gasteiger partial charge in [-0.05, 0) is 63.5 Å². The second-order valence-electron chi connectivity index (χ2n) is 7.10. The highest BCUT2D eigenvalue weighted by Gasteiger charge is 2.25. The third-order valence-corrected chi connectivity index (χ3v) is 6.63. The molecule has 0 radical (unpaired) electrons. The molecule has 8 nitrogen and oxygen atoms in total. The largest absolute Gasteiger partial charge is 0.361 e. The van der Waals surface area contributed by atoms with Gasteiger partial charge in [-0.25, -0.2) is 13.1 Å². The van der Waals surface area contributed by atoms with Crippen LogP contribution in [0.15, 0.2) is 38.5 Å². The molecule has 9 heteroatoms. The summed E-state index contributed by atoms with van der Waals surface area (Å²) in [5.74, 6) is 0.588. The lowest BCUT2D eigenvalue weighted by atomic mass is 10.0. The van der Waals surface area contributed by atoms with E-state index in [0.717, 1.165) is 31.5 Å². The number of aromatic nitrogens is 2. The number of hydrogen-bond acceptors (Lipinski definition) is 6. The molecule has 2 aromatic heterocycles. The van der Waals surface area contributed by atoms with E-state index in [4.69, 9.17) is 4.52 Å². The summed E-state index contributed by atoms with van der Waals surface area (Å²) in [6, 6.07) is 6.14. The number of nitrogens with zero attached hydrogens (tertiary/aromatic N) is 1. The monoisotopic (exact) mass is 402 g/mol. The molecule has 1 aliphatic rings. The number of hydrogen-bond donors (Lipinski definition) is 3. The summed E-state index contributed by atoms with van der Waals surface area (Å²) in [7, 11) is -3.79. The number of benzene rings is 1. The SMILES string of the molecule is Cc1noc(C)c1-c1cc(S(=O)(=O)NC2CCNCC2)c2ccc(=O)[nH]c2c1. The maximum Gasteiger partial charge on any atom is 0.248 e. The second-order valence-corrected chi connectivity index (χ2v) is 8.79. The molecule has 0 unspecified atom stereocenters. The Morgan fingerprint density at radius 2 is 1.93 bits per heavy atom. The Labute approximate surface area is 162 Å². The van der Waals surface area contributed by atoms with Gasteiger partial charge in [-0.3, -0.25) is 4.79 Å². The summed E-state index contributed by atoms with van der Waals surface area (Å²) in [5.41, 5.74) is 2.18. The lowest BCUT2D eigenvalue weighted by molar-refractivity contribution is 0.393. The van der Waals surface area contributed by atoms with E-state index in [1.165, 1.54) is 6.07 Å². The van der Waals surface area contributed by atoms with Gasteiger partial charge < -0.3 is 14.8 Å². The van der Waals surface area contributed by atoms with Gasteiger partial charge in [-0.1, -0.05) is 5.16 Å². The van der Waals surface area contributed by atoms with Gasteiger partial charge in [0.05, 0.1) is 16.1 Å². The molecule has 0 spiro atoms. The van der Waals surface area contributed by atoms with Crippen molar-refractivity contribution in [3.8, 4) is 11.1 Å². The van der Waals surface area contributed by atoms with Gasteiger partial charge >= 0.3 is 0 Å². The Hall–Kier alpha value is -2.49. The van der Waals surface area contributed by atoms with Gasteiger partial charge in [-0.15, -0.1) is 0 Å². The average Bonchev–Trinajstić information content (AvgIpc) is 2.99. The quantitative estimate of drug-likeness (QED) is 0.613. The topological polar surface area (TPSA) is 117 Å². The first-order valence-electron chi connectivity index (χ1n) is 9.18. The maximum absolute atomic E-state index is 13.2. The molecule has 1 fully saturated rings. The number of sulfonamides is 1. The van der Waals surface area contributed by atoms with Crippen molar-refractivity contribution in [3.05, 3.63) is 46.1 Å². The molecule has 1 saturated heterocycles. The molecule has 3 heterocycles. The molecule has 0 aliphatic carbocycles. The van der Waals surface area contributed by atoms with Gasteiger partial charge in [0.2, 0.25) is 15.6 Å². The third kappa shape index (κ3) is 3.48.